The molecule has 22 heavy (non-hydrogen) atoms. The van der Waals surface area contributed by atoms with Crippen LogP contribution in [0.4, 0.5) is 0 Å². The van der Waals surface area contributed by atoms with Crippen LogP contribution < -0.4 is 0 Å². The molecule has 6 nitrogen and oxygen atoms in total. The van der Waals surface area contributed by atoms with Gasteiger partial charge in [-0.2, -0.15) is 0 Å². The summed E-state index contributed by atoms with van der Waals surface area (Å²) in [6, 6.07) is 0.367. The average molecular weight is 308 g/mol. The number of nitrogens with zero attached hydrogens (tertiary/aromatic N) is 6. The molecular formula is C16H32N6. The number of rotatable bonds is 8. The number of hydrogen-bond donors (Lipinski definition) is 0. The number of aryl methyl sites for hydroxylation is 1. The van der Waals surface area contributed by atoms with Gasteiger partial charge in [0.2, 0.25) is 0 Å². The Kier molecular flexibility index (Phi) is 6.76. The van der Waals surface area contributed by atoms with Crippen LogP contribution in [0.15, 0.2) is 0 Å². The molecule has 0 radical (unpaired) electrons. The lowest BCUT2D eigenvalue weighted by molar-refractivity contribution is 0.0885. The van der Waals surface area contributed by atoms with Gasteiger partial charge in [0, 0.05) is 32.7 Å². The Labute approximate surface area is 134 Å². The zero-order valence-corrected chi connectivity index (χ0v) is 14.7. The van der Waals surface area contributed by atoms with Crippen LogP contribution >= 0.6 is 0 Å². The van der Waals surface area contributed by atoms with Crippen LogP contribution in [0.1, 0.15) is 58.8 Å². The zero-order chi connectivity index (χ0) is 15.9. The molecule has 2 heterocycles. The van der Waals surface area contributed by atoms with Crippen LogP contribution in [-0.2, 0) is 6.54 Å². The van der Waals surface area contributed by atoms with E-state index in [1.807, 2.05) is 4.68 Å². The molecular weight excluding hydrogens is 276 g/mol. The Balaban J connectivity index is 2.06. The van der Waals surface area contributed by atoms with Crippen molar-refractivity contribution < 1.29 is 0 Å². The van der Waals surface area contributed by atoms with Crippen LogP contribution in [0.3, 0.4) is 0 Å². The van der Waals surface area contributed by atoms with Crippen molar-refractivity contribution in [3.63, 3.8) is 0 Å². The molecule has 1 aliphatic heterocycles. The van der Waals surface area contributed by atoms with Gasteiger partial charge >= 0.3 is 0 Å². The van der Waals surface area contributed by atoms with Gasteiger partial charge in [-0.15, -0.1) is 5.10 Å². The van der Waals surface area contributed by atoms with Gasteiger partial charge in [-0.1, -0.05) is 34.1 Å². The molecule has 1 aliphatic rings. The van der Waals surface area contributed by atoms with E-state index in [1.165, 1.54) is 0 Å². The molecule has 1 unspecified atom stereocenters. The van der Waals surface area contributed by atoms with E-state index in [1.54, 1.807) is 0 Å². The molecule has 1 aromatic rings. The van der Waals surface area contributed by atoms with E-state index in [9.17, 15) is 0 Å². The Morgan fingerprint density at radius 3 is 2.36 bits per heavy atom. The van der Waals surface area contributed by atoms with Crippen molar-refractivity contribution in [2.24, 2.45) is 5.92 Å². The molecule has 1 atom stereocenters. The van der Waals surface area contributed by atoms with Crippen molar-refractivity contribution >= 4 is 0 Å². The summed E-state index contributed by atoms with van der Waals surface area (Å²) >= 11 is 0. The van der Waals surface area contributed by atoms with E-state index in [-0.39, 0.29) is 0 Å². The first kappa shape index (κ1) is 17.3. The number of likely N-dealkylation sites (N-methyl/N-ethyl adjacent to an activating group) is 1. The molecule has 0 bridgehead atoms. The summed E-state index contributed by atoms with van der Waals surface area (Å²) in [5.41, 5.74) is 0. The first-order chi connectivity index (χ1) is 10.7. The maximum atomic E-state index is 4.37. The first-order valence-corrected chi connectivity index (χ1v) is 8.88. The van der Waals surface area contributed by atoms with Gasteiger partial charge in [-0.3, -0.25) is 4.90 Å². The maximum absolute atomic E-state index is 4.37. The summed E-state index contributed by atoms with van der Waals surface area (Å²) in [4.78, 5) is 5.09. The van der Waals surface area contributed by atoms with Crippen LogP contribution in [0.5, 0.6) is 0 Å². The minimum absolute atomic E-state index is 0.367. The van der Waals surface area contributed by atoms with Gasteiger partial charge in [0.05, 0.1) is 6.04 Å². The minimum atomic E-state index is 0.367. The normalized spacial score (nSPS) is 19.0. The summed E-state index contributed by atoms with van der Waals surface area (Å²) in [5.74, 6) is 1.74. The number of hydrogen-bond acceptors (Lipinski definition) is 5. The molecule has 0 aromatic carbocycles. The van der Waals surface area contributed by atoms with Crippen molar-refractivity contribution in [2.75, 3.05) is 32.7 Å². The van der Waals surface area contributed by atoms with E-state index >= 15 is 0 Å². The van der Waals surface area contributed by atoms with Crippen molar-refractivity contribution in [3.8, 4) is 0 Å². The fourth-order valence-corrected chi connectivity index (χ4v) is 3.13. The molecule has 1 fully saturated rings. The van der Waals surface area contributed by atoms with Crippen LogP contribution in [0.2, 0.25) is 0 Å². The molecule has 0 amide bonds. The number of piperazine rings is 1. The smallest absolute Gasteiger partial charge is 0.168 e. The second-order valence-corrected chi connectivity index (χ2v) is 6.72. The highest BCUT2D eigenvalue weighted by Crippen LogP contribution is 2.25. The fourth-order valence-electron chi connectivity index (χ4n) is 3.13. The van der Waals surface area contributed by atoms with E-state index < -0.39 is 0 Å². The molecule has 2 rings (SSSR count). The molecule has 0 spiro atoms. The largest absolute Gasteiger partial charge is 0.301 e. The third-order valence-corrected chi connectivity index (χ3v) is 4.63. The lowest BCUT2D eigenvalue weighted by Gasteiger charge is -2.38. The Hall–Kier alpha value is -1.01. The third-order valence-electron chi connectivity index (χ3n) is 4.63. The van der Waals surface area contributed by atoms with Gasteiger partial charge in [0.1, 0.15) is 0 Å². The first-order valence-electron chi connectivity index (χ1n) is 8.88. The number of aromatic nitrogens is 4. The van der Waals surface area contributed by atoms with Crippen LogP contribution in [-0.4, -0.2) is 62.7 Å². The maximum Gasteiger partial charge on any atom is 0.168 e. The quantitative estimate of drug-likeness (QED) is 0.737. The van der Waals surface area contributed by atoms with Crippen molar-refractivity contribution in [3.05, 3.63) is 5.82 Å². The Bertz CT molecular complexity index is 422. The van der Waals surface area contributed by atoms with Crippen molar-refractivity contribution in [1.82, 2.24) is 30.0 Å². The average Bonchev–Trinajstić information content (AvgIpc) is 2.99. The van der Waals surface area contributed by atoms with Crippen LogP contribution in [0.25, 0.3) is 0 Å². The van der Waals surface area contributed by atoms with E-state index in [4.69, 9.17) is 0 Å². The predicted molar refractivity (Wildman–Crippen MR) is 88.6 cm³/mol. The molecule has 0 N–H and O–H groups in total. The third kappa shape index (κ3) is 4.49. The molecule has 1 aromatic heterocycles. The molecule has 0 aliphatic carbocycles. The van der Waals surface area contributed by atoms with Crippen molar-refractivity contribution in [1.29, 1.82) is 0 Å². The van der Waals surface area contributed by atoms with Gasteiger partial charge in [0.15, 0.2) is 5.82 Å². The second kappa shape index (κ2) is 8.58. The summed E-state index contributed by atoms with van der Waals surface area (Å²) in [5, 5.41) is 12.6. The Morgan fingerprint density at radius 2 is 1.77 bits per heavy atom. The molecule has 6 heteroatoms. The molecule has 1 saturated heterocycles. The van der Waals surface area contributed by atoms with Crippen molar-refractivity contribution in [2.45, 2.75) is 59.5 Å². The summed E-state index contributed by atoms with van der Waals surface area (Å²) in [6.07, 6.45) is 3.42. The minimum Gasteiger partial charge on any atom is -0.301 e. The Morgan fingerprint density at radius 1 is 1.05 bits per heavy atom. The lowest BCUT2D eigenvalue weighted by Crippen LogP contribution is -2.47. The second-order valence-electron chi connectivity index (χ2n) is 6.72. The predicted octanol–water partition coefficient (Wildman–Crippen LogP) is 2.20. The molecule has 126 valence electrons. The van der Waals surface area contributed by atoms with E-state index in [0.29, 0.717) is 12.0 Å². The van der Waals surface area contributed by atoms with E-state index in [2.05, 4.69) is 53.0 Å². The van der Waals surface area contributed by atoms with Gasteiger partial charge < -0.3 is 4.90 Å². The van der Waals surface area contributed by atoms with Gasteiger partial charge in [-0.05, 0) is 35.7 Å². The highest BCUT2D eigenvalue weighted by Gasteiger charge is 2.28. The SMILES string of the molecule is CCCC(c1nnnn1CCC(C)C)N1CCN(CC)CC1. The topological polar surface area (TPSA) is 50.1 Å². The number of tetrazole rings is 1. The summed E-state index contributed by atoms with van der Waals surface area (Å²) in [7, 11) is 0. The summed E-state index contributed by atoms with van der Waals surface area (Å²) in [6.45, 7) is 15.6. The fraction of sp³-hybridized carbons (Fsp3) is 0.938. The summed E-state index contributed by atoms with van der Waals surface area (Å²) < 4.78 is 2.03. The standard InChI is InChI=1S/C16H32N6/c1-5-7-15(21-12-10-20(6-2)11-13-21)16-17-18-19-22(16)9-8-14(3)4/h14-15H,5-13H2,1-4H3. The molecule has 0 saturated carbocycles. The highest BCUT2D eigenvalue weighted by molar-refractivity contribution is 4.95. The van der Waals surface area contributed by atoms with Gasteiger partial charge in [0.25, 0.3) is 0 Å². The highest BCUT2D eigenvalue weighted by atomic mass is 15.5. The monoisotopic (exact) mass is 308 g/mol. The lowest BCUT2D eigenvalue weighted by atomic mass is 10.1. The van der Waals surface area contributed by atoms with E-state index in [0.717, 1.165) is 64.4 Å². The van der Waals surface area contributed by atoms with Gasteiger partial charge in [-0.25, -0.2) is 4.68 Å². The van der Waals surface area contributed by atoms with Crippen LogP contribution in [0, 0.1) is 5.92 Å². The zero-order valence-electron chi connectivity index (χ0n) is 14.7.